The summed E-state index contributed by atoms with van der Waals surface area (Å²) in [7, 11) is 0. The zero-order valence-corrected chi connectivity index (χ0v) is 11.8. The molecule has 0 unspecified atom stereocenters. The molecule has 1 saturated heterocycles. The zero-order chi connectivity index (χ0) is 13.7. The average Bonchev–Trinajstić information content (AvgIpc) is 2.86. The summed E-state index contributed by atoms with van der Waals surface area (Å²) in [5, 5.41) is 4.60. The predicted octanol–water partition coefficient (Wildman–Crippen LogP) is 1.04. The van der Waals surface area contributed by atoms with Crippen molar-refractivity contribution in [1.82, 2.24) is 10.2 Å². The Labute approximate surface area is 116 Å². The minimum absolute atomic E-state index is 0.0742. The summed E-state index contributed by atoms with van der Waals surface area (Å²) in [6, 6.07) is 1.85. The van der Waals surface area contributed by atoms with E-state index in [9.17, 15) is 9.59 Å². The standard InChI is InChI=1S/C13H18N2O3S/c1-10-8-11(9-19-10)13(17)14-3-2-12(16)15-4-6-18-7-5-15/h8-9H,2-7H2,1H3,(H,14,17). The molecule has 1 aliphatic heterocycles. The predicted molar refractivity (Wildman–Crippen MR) is 73.4 cm³/mol. The van der Waals surface area contributed by atoms with Gasteiger partial charge in [-0.25, -0.2) is 0 Å². The highest BCUT2D eigenvalue weighted by Crippen LogP contribution is 2.12. The number of hydrogen-bond donors (Lipinski definition) is 1. The number of ether oxygens (including phenoxy) is 1. The van der Waals surface area contributed by atoms with Crippen molar-refractivity contribution in [3.05, 3.63) is 21.9 Å². The average molecular weight is 282 g/mol. The fraction of sp³-hybridized carbons (Fsp3) is 0.538. The third-order valence-corrected chi connectivity index (χ3v) is 3.84. The molecule has 1 aromatic heterocycles. The first-order valence-electron chi connectivity index (χ1n) is 6.35. The van der Waals surface area contributed by atoms with Crippen LogP contribution in [0.4, 0.5) is 0 Å². The van der Waals surface area contributed by atoms with Crippen LogP contribution < -0.4 is 5.32 Å². The molecule has 0 radical (unpaired) electrons. The Bertz CT molecular complexity index is 452. The molecule has 6 heteroatoms. The van der Waals surface area contributed by atoms with E-state index in [2.05, 4.69) is 5.32 Å². The van der Waals surface area contributed by atoms with Crippen LogP contribution in [0.5, 0.6) is 0 Å². The molecule has 5 nitrogen and oxygen atoms in total. The third kappa shape index (κ3) is 4.04. The Morgan fingerprint density at radius 2 is 2.16 bits per heavy atom. The lowest BCUT2D eigenvalue weighted by molar-refractivity contribution is -0.135. The van der Waals surface area contributed by atoms with E-state index >= 15 is 0 Å². The second-order valence-corrected chi connectivity index (χ2v) is 5.56. The van der Waals surface area contributed by atoms with Crippen molar-refractivity contribution < 1.29 is 14.3 Å². The number of aryl methyl sites for hydroxylation is 1. The van der Waals surface area contributed by atoms with Gasteiger partial charge in [0.2, 0.25) is 5.91 Å². The molecule has 1 aromatic rings. The molecule has 2 rings (SSSR count). The number of nitrogens with one attached hydrogen (secondary N) is 1. The van der Waals surface area contributed by atoms with Crippen LogP contribution in [0.15, 0.2) is 11.4 Å². The Kier molecular flexibility index (Phi) is 4.93. The minimum Gasteiger partial charge on any atom is -0.378 e. The van der Waals surface area contributed by atoms with E-state index < -0.39 is 0 Å². The molecule has 1 aliphatic rings. The van der Waals surface area contributed by atoms with Crippen LogP contribution in [-0.4, -0.2) is 49.6 Å². The normalized spacial score (nSPS) is 15.3. The number of amides is 2. The monoisotopic (exact) mass is 282 g/mol. The lowest BCUT2D eigenvalue weighted by atomic mass is 10.3. The van der Waals surface area contributed by atoms with Crippen molar-refractivity contribution in [2.24, 2.45) is 0 Å². The molecule has 0 aromatic carbocycles. The smallest absolute Gasteiger partial charge is 0.252 e. The van der Waals surface area contributed by atoms with Gasteiger partial charge >= 0.3 is 0 Å². The van der Waals surface area contributed by atoms with Gasteiger partial charge in [-0.3, -0.25) is 9.59 Å². The minimum atomic E-state index is -0.112. The Balaban J connectivity index is 1.71. The van der Waals surface area contributed by atoms with Crippen LogP contribution in [0, 0.1) is 6.92 Å². The molecular weight excluding hydrogens is 264 g/mol. The van der Waals surface area contributed by atoms with E-state index in [1.54, 1.807) is 16.2 Å². The number of rotatable bonds is 4. The van der Waals surface area contributed by atoms with E-state index in [1.165, 1.54) is 0 Å². The lowest BCUT2D eigenvalue weighted by Gasteiger charge is -2.26. The van der Waals surface area contributed by atoms with Crippen LogP contribution in [0.2, 0.25) is 0 Å². The van der Waals surface area contributed by atoms with E-state index in [0.717, 1.165) is 4.88 Å². The fourth-order valence-electron chi connectivity index (χ4n) is 1.92. The van der Waals surface area contributed by atoms with Gasteiger partial charge in [-0.05, 0) is 13.0 Å². The lowest BCUT2D eigenvalue weighted by Crippen LogP contribution is -2.42. The van der Waals surface area contributed by atoms with Crippen LogP contribution in [0.3, 0.4) is 0 Å². The number of hydrogen-bond acceptors (Lipinski definition) is 4. The summed E-state index contributed by atoms with van der Waals surface area (Å²) >= 11 is 1.55. The third-order valence-electron chi connectivity index (χ3n) is 2.98. The Morgan fingerprint density at radius 1 is 1.42 bits per heavy atom. The molecule has 0 spiro atoms. The van der Waals surface area contributed by atoms with Gasteiger partial charge in [-0.15, -0.1) is 11.3 Å². The van der Waals surface area contributed by atoms with Gasteiger partial charge in [0.05, 0.1) is 18.8 Å². The maximum absolute atomic E-state index is 11.8. The van der Waals surface area contributed by atoms with E-state index in [4.69, 9.17) is 4.74 Å². The maximum Gasteiger partial charge on any atom is 0.252 e. The van der Waals surface area contributed by atoms with Crippen molar-refractivity contribution in [3.8, 4) is 0 Å². The summed E-state index contributed by atoms with van der Waals surface area (Å²) in [5.41, 5.74) is 0.668. The number of morpholine rings is 1. The zero-order valence-electron chi connectivity index (χ0n) is 11.0. The highest BCUT2D eigenvalue weighted by atomic mass is 32.1. The Morgan fingerprint density at radius 3 is 2.79 bits per heavy atom. The van der Waals surface area contributed by atoms with Crippen LogP contribution in [0.25, 0.3) is 0 Å². The number of carbonyl (C=O) groups is 2. The first-order valence-corrected chi connectivity index (χ1v) is 7.23. The van der Waals surface area contributed by atoms with E-state index in [1.807, 2.05) is 18.4 Å². The molecule has 2 heterocycles. The number of nitrogens with zero attached hydrogens (tertiary/aromatic N) is 1. The molecule has 104 valence electrons. The molecule has 0 aliphatic carbocycles. The quantitative estimate of drug-likeness (QED) is 0.897. The molecular formula is C13H18N2O3S. The summed E-state index contributed by atoms with van der Waals surface area (Å²) in [4.78, 5) is 26.5. The molecule has 1 fully saturated rings. The summed E-state index contributed by atoms with van der Waals surface area (Å²) in [6.45, 7) is 4.85. The van der Waals surface area contributed by atoms with Crippen LogP contribution in [-0.2, 0) is 9.53 Å². The molecule has 1 N–H and O–H groups in total. The van der Waals surface area contributed by atoms with Gasteiger partial charge in [0, 0.05) is 36.3 Å². The molecule has 0 saturated carbocycles. The Hall–Kier alpha value is -1.40. The van der Waals surface area contributed by atoms with Crippen LogP contribution >= 0.6 is 11.3 Å². The van der Waals surface area contributed by atoms with Gasteiger partial charge in [0.1, 0.15) is 0 Å². The molecule has 0 atom stereocenters. The largest absolute Gasteiger partial charge is 0.378 e. The van der Waals surface area contributed by atoms with Crippen molar-refractivity contribution in [3.63, 3.8) is 0 Å². The van der Waals surface area contributed by atoms with Gasteiger partial charge in [-0.2, -0.15) is 0 Å². The summed E-state index contributed by atoms with van der Waals surface area (Å²) < 4.78 is 5.19. The van der Waals surface area contributed by atoms with Gasteiger partial charge in [0.25, 0.3) is 5.91 Å². The second-order valence-electron chi connectivity index (χ2n) is 4.45. The number of carbonyl (C=O) groups excluding carboxylic acids is 2. The summed E-state index contributed by atoms with van der Waals surface area (Å²) in [6.07, 6.45) is 0.342. The number of thiophene rings is 1. The first-order chi connectivity index (χ1) is 9.16. The van der Waals surface area contributed by atoms with Gasteiger partial charge in [0.15, 0.2) is 0 Å². The second kappa shape index (κ2) is 6.68. The van der Waals surface area contributed by atoms with Crippen molar-refractivity contribution >= 4 is 23.2 Å². The first kappa shape index (κ1) is 14.0. The van der Waals surface area contributed by atoms with E-state index in [0.29, 0.717) is 44.8 Å². The SMILES string of the molecule is Cc1cc(C(=O)NCCC(=O)N2CCOCC2)cs1. The van der Waals surface area contributed by atoms with Gasteiger partial charge in [-0.1, -0.05) is 0 Å². The van der Waals surface area contributed by atoms with Crippen molar-refractivity contribution in [2.75, 3.05) is 32.8 Å². The highest BCUT2D eigenvalue weighted by molar-refractivity contribution is 7.10. The fourth-order valence-corrected chi connectivity index (χ4v) is 2.60. The van der Waals surface area contributed by atoms with E-state index in [-0.39, 0.29) is 11.8 Å². The molecule has 2 amide bonds. The molecule has 19 heavy (non-hydrogen) atoms. The van der Waals surface area contributed by atoms with Crippen LogP contribution in [0.1, 0.15) is 21.7 Å². The highest BCUT2D eigenvalue weighted by Gasteiger charge is 2.16. The molecule has 0 bridgehead atoms. The summed E-state index contributed by atoms with van der Waals surface area (Å²) in [5.74, 6) is -0.0378. The van der Waals surface area contributed by atoms with Crippen molar-refractivity contribution in [2.45, 2.75) is 13.3 Å². The topological polar surface area (TPSA) is 58.6 Å². The maximum atomic E-state index is 11.8. The van der Waals surface area contributed by atoms with Gasteiger partial charge < -0.3 is 15.0 Å². The van der Waals surface area contributed by atoms with Crippen molar-refractivity contribution in [1.29, 1.82) is 0 Å².